The Labute approximate surface area is 708 Å². The van der Waals surface area contributed by atoms with E-state index in [1.807, 2.05) is 146 Å². The molecule has 3 saturated carbocycles. The second-order valence-electron chi connectivity index (χ2n) is 36.0. The number of likely N-dealkylation sites (tertiary alicyclic amines) is 3. The van der Waals surface area contributed by atoms with Crippen molar-refractivity contribution in [1.82, 2.24) is 63.3 Å². The number of aliphatic hydroxyl groups excluding tert-OH is 3. The summed E-state index contributed by atoms with van der Waals surface area (Å²) < 4.78 is 7.08. The number of amides is 3. The van der Waals surface area contributed by atoms with Crippen molar-refractivity contribution in [3.8, 4) is 0 Å². The SMILES string of the molecule is CCC[C@H](C)Nc1ncc2c(C3CCN(C(=O)c4ccc(N(C)C)cc4)CC3)cn(C3CCC(O)CC3)c2n1.CCC[C@H](C)Nc1ncc2c(C3CCN(C(=O)c4ccc(N(C)C)cc4)CC3)cn(C3CCC(O)CC3)c2n1.Cc1cc(C(=O)N2CCC(c3cn(C4CCC(O)CC4)c4nc(N[C@H]5CCc6ccccc65)ncc34)CC2)cc(C)n1. The fraction of sp³-hybridized carbons (Fsp3) is 0.542. The van der Waals surface area contributed by atoms with Crippen LogP contribution in [0.5, 0.6) is 0 Å². The minimum atomic E-state index is -0.202. The van der Waals surface area contributed by atoms with Crippen molar-refractivity contribution < 1.29 is 29.7 Å². The number of aromatic nitrogens is 10. The number of benzene rings is 3. The third-order valence-corrected chi connectivity index (χ3v) is 26.9. The Morgan fingerprint density at radius 2 is 0.767 bits per heavy atom. The lowest BCUT2D eigenvalue weighted by Gasteiger charge is -2.32. The van der Waals surface area contributed by atoms with Gasteiger partial charge < -0.3 is 69.5 Å². The third kappa shape index (κ3) is 19.6. The minimum Gasteiger partial charge on any atom is -0.393 e. The zero-order valence-corrected chi connectivity index (χ0v) is 72.5. The van der Waals surface area contributed by atoms with Gasteiger partial charge >= 0.3 is 0 Å². The summed E-state index contributed by atoms with van der Waals surface area (Å²) >= 11 is 0. The monoisotopic (exact) mass is 1630 g/mol. The van der Waals surface area contributed by atoms with Crippen LogP contribution in [-0.2, 0) is 6.42 Å². The van der Waals surface area contributed by atoms with E-state index in [0.717, 1.165) is 266 Å². The van der Waals surface area contributed by atoms with Gasteiger partial charge in [-0.15, -0.1) is 0 Å². The van der Waals surface area contributed by atoms with Crippen LogP contribution in [0.1, 0.15) is 288 Å². The summed E-state index contributed by atoms with van der Waals surface area (Å²) in [4.78, 5) is 83.6. The highest BCUT2D eigenvalue weighted by Crippen LogP contribution is 2.44. The predicted molar refractivity (Wildman–Crippen MR) is 479 cm³/mol. The van der Waals surface area contributed by atoms with Gasteiger partial charge in [0.1, 0.15) is 16.9 Å². The van der Waals surface area contributed by atoms with Crippen LogP contribution in [0.25, 0.3) is 33.1 Å². The average Bonchev–Trinajstić information content (AvgIpc) is 1.62. The molecule has 10 heterocycles. The van der Waals surface area contributed by atoms with Gasteiger partial charge in [-0.05, 0) is 275 Å². The van der Waals surface area contributed by atoms with E-state index < -0.39 is 0 Å². The van der Waals surface area contributed by atoms with E-state index in [-0.39, 0.29) is 42.1 Å². The molecule has 4 aliphatic carbocycles. The number of hydrogen-bond donors (Lipinski definition) is 6. The van der Waals surface area contributed by atoms with Crippen LogP contribution in [0.2, 0.25) is 0 Å². The Bertz CT molecular complexity index is 4910. The first-order chi connectivity index (χ1) is 58.1. The first-order valence-corrected chi connectivity index (χ1v) is 45.0. The van der Waals surface area contributed by atoms with Gasteiger partial charge in [-0.2, -0.15) is 15.0 Å². The molecular weight excluding hydrogens is 1500 g/mol. The Kier molecular flexibility index (Phi) is 27.2. The van der Waals surface area contributed by atoms with Crippen LogP contribution in [0.3, 0.4) is 0 Å². The molecule has 0 spiro atoms. The molecule has 0 radical (unpaired) electrons. The van der Waals surface area contributed by atoms with Crippen molar-refractivity contribution in [2.75, 3.05) is 93.2 Å². The van der Waals surface area contributed by atoms with E-state index in [1.165, 1.54) is 27.8 Å². The molecule has 24 heteroatoms. The molecule has 3 saturated heterocycles. The fourth-order valence-corrected chi connectivity index (χ4v) is 20.0. The van der Waals surface area contributed by atoms with Crippen LogP contribution in [-0.4, -0.2) is 194 Å². The smallest absolute Gasteiger partial charge is 0.253 e. The Balaban J connectivity index is 0.000000140. The van der Waals surface area contributed by atoms with Crippen molar-refractivity contribution in [3.63, 3.8) is 0 Å². The number of fused-ring (bicyclic) bond motifs is 4. The molecule has 3 amide bonds. The van der Waals surface area contributed by atoms with Crippen LogP contribution >= 0.6 is 0 Å². The van der Waals surface area contributed by atoms with Crippen molar-refractivity contribution in [2.45, 2.75) is 268 Å². The maximum absolute atomic E-state index is 13.3. The number of aliphatic hydroxyl groups is 3. The molecule has 7 aromatic heterocycles. The second-order valence-corrected chi connectivity index (χ2v) is 36.0. The highest BCUT2D eigenvalue weighted by molar-refractivity contribution is 5.96. The molecule has 6 N–H and O–H groups in total. The molecule has 3 atom stereocenters. The third-order valence-electron chi connectivity index (χ3n) is 26.9. The predicted octanol–water partition coefficient (Wildman–Crippen LogP) is 17.2. The van der Waals surface area contributed by atoms with Crippen molar-refractivity contribution in [1.29, 1.82) is 0 Å². The first kappa shape index (κ1) is 85.0. The number of piperidine rings is 3. The van der Waals surface area contributed by atoms with Gasteiger partial charge in [0.2, 0.25) is 17.8 Å². The van der Waals surface area contributed by atoms with Crippen molar-refractivity contribution in [3.05, 3.63) is 178 Å². The maximum atomic E-state index is 13.3. The number of anilines is 5. The lowest BCUT2D eigenvalue weighted by molar-refractivity contribution is 0.0705. The molecule has 0 bridgehead atoms. The Hall–Kier alpha value is -10.0. The van der Waals surface area contributed by atoms with Crippen molar-refractivity contribution in [2.24, 2.45) is 0 Å². The van der Waals surface area contributed by atoms with Crippen molar-refractivity contribution >= 4 is 80.0 Å². The van der Waals surface area contributed by atoms with Crippen LogP contribution in [0.4, 0.5) is 29.2 Å². The van der Waals surface area contributed by atoms with Gasteiger partial charge in [0, 0.05) is 190 Å². The number of hydrogen-bond acceptors (Lipinski definition) is 18. The summed E-state index contributed by atoms with van der Waals surface area (Å²) in [5.74, 6) is 3.44. The zero-order valence-electron chi connectivity index (χ0n) is 72.5. The van der Waals surface area contributed by atoms with Gasteiger partial charge in [-0.3, -0.25) is 19.4 Å². The van der Waals surface area contributed by atoms with Gasteiger partial charge in [-0.25, -0.2) is 15.0 Å². The van der Waals surface area contributed by atoms with E-state index in [9.17, 15) is 29.7 Å². The highest BCUT2D eigenvalue weighted by atomic mass is 16.3. The number of aryl methyl sites for hydroxylation is 3. The highest BCUT2D eigenvalue weighted by Gasteiger charge is 2.36. The molecule has 3 aromatic carbocycles. The number of rotatable bonds is 21. The summed E-state index contributed by atoms with van der Waals surface area (Å²) in [7, 11) is 8.02. The topological polar surface area (TPSA) is 269 Å². The van der Waals surface area contributed by atoms with Crippen LogP contribution < -0.4 is 25.8 Å². The quantitative estimate of drug-likeness (QED) is 0.0390. The van der Waals surface area contributed by atoms with E-state index in [4.69, 9.17) is 29.9 Å². The molecule has 10 aromatic rings. The first-order valence-electron chi connectivity index (χ1n) is 45.0. The van der Waals surface area contributed by atoms with Gasteiger partial charge in [-0.1, -0.05) is 51.0 Å². The molecule has 17 rings (SSSR count). The lowest BCUT2D eigenvalue weighted by atomic mass is 9.89. The maximum Gasteiger partial charge on any atom is 0.253 e. The number of carbonyl (C=O) groups excluding carboxylic acids is 3. The van der Waals surface area contributed by atoms with Gasteiger partial charge in [0.25, 0.3) is 17.7 Å². The number of carbonyl (C=O) groups is 3. The Morgan fingerprint density at radius 3 is 1.12 bits per heavy atom. The number of nitrogens with zero attached hydrogens (tertiary/aromatic N) is 15. The molecule has 24 nitrogen and oxygen atoms in total. The second kappa shape index (κ2) is 38.4. The standard InChI is InChI=1S/C34H40N6O2.2C31H44N6O2/c1-21-17-25(18-22(2)36-21)33(42)39-15-13-24(14-16-39)30-20-40(26-8-10-27(41)11-9-26)32-29(30)19-35-34(38-32)37-31-12-7-23-5-3-4-6-28(23)31;2*1-5-6-21(2)33-31-32-19-27-28(20-37(29(27)34-31)25-11-13-26(38)14-12-25)22-15-17-36(18-16-22)30(39)23-7-9-24(10-8-23)35(3)4/h3-6,17-20,24,26-27,31,41H,7-16H2,1-2H3,(H,35,37,38);2*7-10,19-22,25-26,38H,5-6,11-18H2,1-4H3,(H,32,33,34)/t26?,27?,31-;2*21-,25?,26?/m000/s1. The summed E-state index contributed by atoms with van der Waals surface area (Å²) in [6.45, 7) is 17.1. The zero-order chi connectivity index (χ0) is 83.8. The summed E-state index contributed by atoms with van der Waals surface area (Å²) in [5.41, 5.74) is 15.8. The molecule has 6 fully saturated rings. The fourth-order valence-electron chi connectivity index (χ4n) is 20.0. The summed E-state index contributed by atoms with van der Waals surface area (Å²) in [6.07, 6.45) is 35.1. The summed E-state index contributed by atoms with van der Waals surface area (Å²) in [5, 5.41) is 44.3. The van der Waals surface area contributed by atoms with Crippen LogP contribution in [0, 0.1) is 13.8 Å². The number of pyridine rings is 1. The molecule has 120 heavy (non-hydrogen) atoms. The molecular formula is C96H128N18O6. The largest absolute Gasteiger partial charge is 0.393 e. The average molecular weight is 1630 g/mol. The van der Waals surface area contributed by atoms with Gasteiger partial charge in [0.05, 0.1) is 24.4 Å². The molecule has 0 unspecified atom stereocenters. The van der Waals surface area contributed by atoms with E-state index in [0.29, 0.717) is 65.8 Å². The normalized spacial score (nSPS) is 21.8. The Morgan fingerprint density at radius 1 is 0.425 bits per heavy atom. The van der Waals surface area contributed by atoms with Crippen LogP contribution in [0.15, 0.2) is 122 Å². The van der Waals surface area contributed by atoms with Gasteiger partial charge in [0.15, 0.2) is 0 Å². The number of nitrogens with one attached hydrogen (secondary N) is 3. The van der Waals surface area contributed by atoms with E-state index in [2.05, 4.69) is 105 Å². The lowest BCUT2D eigenvalue weighted by Crippen LogP contribution is -2.38. The molecule has 3 aliphatic heterocycles. The molecule has 7 aliphatic rings. The molecule has 638 valence electrons. The minimum absolute atomic E-state index is 0.0952. The summed E-state index contributed by atoms with van der Waals surface area (Å²) in [6, 6.07) is 30.0. The van der Waals surface area contributed by atoms with E-state index >= 15 is 0 Å². The van der Waals surface area contributed by atoms with E-state index in [1.54, 1.807) is 0 Å².